The van der Waals surface area contributed by atoms with E-state index in [0.29, 0.717) is 13.0 Å². The Labute approximate surface area is 134 Å². The molecule has 0 saturated carbocycles. The highest BCUT2D eigenvalue weighted by molar-refractivity contribution is 5.81. The highest BCUT2D eigenvalue weighted by Gasteiger charge is 2.18. The van der Waals surface area contributed by atoms with Crippen LogP contribution in [0.25, 0.3) is 0 Å². The van der Waals surface area contributed by atoms with Gasteiger partial charge in [-0.3, -0.25) is 9.59 Å². The van der Waals surface area contributed by atoms with Crippen molar-refractivity contribution in [2.45, 2.75) is 33.2 Å². The third-order valence-corrected chi connectivity index (χ3v) is 3.55. The van der Waals surface area contributed by atoms with Crippen LogP contribution in [0.1, 0.15) is 27.2 Å². The lowest BCUT2D eigenvalue weighted by atomic mass is 10.3. The van der Waals surface area contributed by atoms with Crippen molar-refractivity contribution in [3.8, 4) is 0 Å². The van der Waals surface area contributed by atoms with E-state index >= 15 is 0 Å². The highest BCUT2D eigenvalue weighted by atomic mass is 16.5. The topological polar surface area (TPSA) is 87.9 Å². The van der Waals surface area contributed by atoms with E-state index < -0.39 is 6.04 Å². The second-order valence-electron chi connectivity index (χ2n) is 4.93. The summed E-state index contributed by atoms with van der Waals surface area (Å²) in [7, 11) is 1.50. The Morgan fingerprint density at radius 3 is 2.23 bits per heavy atom. The quantitative estimate of drug-likeness (QED) is 0.625. The molecule has 130 valence electrons. The number of nitrogens with one attached hydrogen (secondary N) is 1. The number of ether oxygens (including phenoxy) is 1. The molecular weight excluding hydrogens is 284 g/mol. The van der Waals surface area contributed by atoms with Crippen LogP contribution < -0.4 is 11.1 Å². The van der Waals surface area contributed by atoms with E-state index in [2.05, 4.69) is 22.0 Å². The van der Waals surface area contributed by atoms with E-state index in [-0.39, 0.29) is 18.5 Å². The standard InChI is InChI=1S/C13H26N4O3.C2H6/c1-3-16-6-8-17(9-7-16)5-4-12(18)20-10-11(14)13(19)15-2;1-2/h11H,3-10,14H2,1-2H3,(H,15,19);1-2H3. The van der Waals surface area contributed by atoms with Gasteiger partial charge in [0.15, 0.2) is 0 Å². The van der Waals surface area contributed by atoms with Crippen LogP contribution >= 0.6 is 0 Å². The molecule has 1 aliphatic rings. The molecule has 3 N–H and O–H groups in total. The first-order valence-corrected chi connectivity index (χ1v) is 8.14. The maximum absolute atomic E-state index is 11.6. The van der Waals surface area contributed by atoms with Crippen LogP contribution in [-0.2, 0) is 14.3 Å². The van der Waals surface area contributed by atoms with Gasteiger partial charge in [0, 0.05) is 39.8 Å². The molecule has 1 amide bonds. The van der Waals surface area contributed by atoms with Crippen LogP contribution in [0.5, 0.6) is 0 Å². The number of rotatable bonds is 7. The number of carbonyl (C=O) groups is 2. The SMILES string of the molecule is CC.CCN1CCN(CCC(=O)OCC(N)C(=O)NC)CC1. The van der Waals surface area contributed by atoms with Gasteiger partial charge in [0.2, 0.25) is 5.91 Å². The van der Waals surface area contributed by atoms with Crippen molar-refractivity contribution in [2.75, 3.05) is 52.9 Å². The van der Waals surface area contributed by atoms with Crippen molar-refractivity contribution in [1.82, 2.24) is 15.1 Å². The van der Waals surface area contributed by atoms with E-state index in [1.807, 2.05) is 13.8 Å². The third-order valence-electron chi connectivity index (χ3n) is 3.55. The van der Waals surface area contributed by atoms with Crippen molar-refractivity contribution >= 4 is 11.9 Å². The number of esters is 1. The van der Waals surface area contributed by atoms with Crippen molar-refractivity contribution in [2.24, 2.45) is 5.73 Å². The van der Waals surface area contributed by atoms with Crippen molar-refractivity contribution < 1.29 is 14.3 Å². The minimum absolute atomic E-state index is 0.0673. The van der Waals surface area contributed by atoms with Crippen LogP contribution in [0.4, 0.5) is 0 Å². The minimum Gasteiger partial charge on any atom is -0.463 e. The fourth-order valence-electron chi connectivity index (χ4n) is 2.09. The van der Waals surface area contributed by atoms with Gasteiger partial charge >= 0.3 is 5.97 Å². The number of nitrogens with zero attached hydrogens (tertiary/aromatic N) is 2. The normalized spacial score (nSPS) is 17.1. The van der Waals surface area contributed by atoms with Crippen LogP contribution in [0.15, 0.2) is 0 Å². The molecule has 0 radical (unpaired) electrons. The molecule has 1 saturated heterocycles. The zero-order chi connectivity index (χ0) is 17.0. The predicted molar refractivity (Wildman–Crippen MR) is 87.5 cm³/mol. The summed E-state index contributed by atoms with van der Waals surface area (Å²) in [5.41, 5.74) is 5.54. The van der Waals surface area contributed by atoms with E-state index in [1.165, 1.54) is 7.05 Å². The maximum atomic E-state index is 11.6. The molecule has 7 nitrogen and oxygen atoms in total. The van der Waals surface area contributed by atoms with E-state index in [9.17, 15) is 9.59 Å². The molecule has 1 heterocycles. The predicted octanol–water partition coefficient (Wildman–Crippen LogP) is -0.343. The van der Waals surface area contributed by atoms with Gasteiger partial charge in [-0.15, -0.1) is 0 Å². The summed E-state index contributed by atoms with van der Waals surface area (Å²) in [6.07, 6.45) is 0.340. The van der Waals surface area contributed by atoms with E-state index in [4.69, 9.17) is 10.5 Å². The van der Waals surface area contributed by atoms with Gasteiger partial charge in [0.1, 0.15) is 12.6 Å². The lowest BCUT2D eigenvalue weighted by molar-refractivity contribution is -0.145. The average Bonchev–Trinajstić information content (AvgIpc) is 2.59. The number of nitrogens with two attached hydrogens (primary N) is 1. The Hall–Kier alpha value is -1.18. The molecule has 7 heteroatoms. The van der Waals surface area contributed by atoms with Crippen LogP contribution in [0, 0.1) is 0 Å². The molecule has 0 aromatic rings. The molecular formula is C15H32N4O3. The Kier molecular flexibility index (Phi) is 11.7. The second kappa shape index (κ2) is 12.4. The summed E-state index contributed by atoms with van der Waals surface area (Å²) < 4.78 is 5.00. The molecule has 1 fully saturated rings. The number of likely N-dealkylation sites (N-methyl/N-ethyl adjacent to an activating group) is 2. The van der Waals surface area contributed by atoms with Gasteiger partial charge in [-0.2, -0.15) is 0 Å². The molecule has 1 aliphatic heterocycles. The van der Waals surface area contributed by atoms with Gasteiger partial charge in [-0.1, -0.05) is 20.8 Å². The largest absolute Gasteiger partial charge is 0.463 e. The molecule has 1 rings (SSSR count). The fraction of sp³-hybridized carbons (Fsp3) is 0.867. The van der Waals surface area contributed by atoms with Crippen molar-refractivity contribution in [3.63, 3.8) is 0 Å². The summed E-state index contributed by atoms with van der Waals surface area (Å²) in [6.45, 7) is 11.9. The Morgan fingerprint density at radius 1 is 1.18 bits per heavy atom. The molecule has 0 spiro atoms. The van der Waals surface area contributed by atoms with Gasteiger partial charge in [-0.05, 0) is 6.54 Å². The highest BCUT2D eigenvalue weighted by Crippen LogP contribution is 2.02. The molecule has 0 aromatic heterocycles. The lowest BCUT2D eigenvalue weighted by Gasteiger charge is -2.33. The van der Waals surface area contributed by atoms with Crippen LogP contribution in [0.2, 0.25) is 0 Å². The second-order valence-corrected chi connectivity index (χ2v) is 4.93. The third kappa shape index (κ3) is 8.31. The lowest BCUT2D eigenvalue weighted by Crippen LogP contribution is -2.46. The molecule has 0 bridgehead atoms. The number of carbonyl (C=O) groups excluding carboxylic acids is 2. The molecule has 1 unspecified atom stereocenters. The number of amides is 1. The molecule has 22 heavy (non-hydrogen) atoms. The van der Waals surface area contributed by atoms with Gasteiger partial charge in [0.25, 0.3) is 0 Å². The number of piperazine rings is 1. The monoisotopic (exact) mass is 316 g/mol. The summed E-state index contributed by atoms with van der Waals surface area (Å²) in [5, 5.41) is 2.41. The van der Waals surface area contributed by atoms with Crippen molar-refractivity contribution in [3.05, 3.63) is 0 Å². The zero-order valence-corrected chi connectivity index (χ0v) is 14.4. The Bertz CT molecular complexity index is 318. The van der Waals surface area contributed by atoms with Crippen molar-refractivity contribution in [1.29, 1.82) is 0 Å². The summed E-state index contributed by atoms with van der Waals surface area (Å²) in [6, 6.07) is -0.794. The molecule has 1 atom stereocenters. The Balaban J connectivity index is 0.00000211. The first-order chi connectivity index (χ1) is 10.6. The van der Waals surface area contributed by atoms with E-state index in [1.54, 1.807) is 0 Å². The fourth-order valence-corrected chi connectivity index (χ4v) is 2.09. The average molecular weight is 316 g/mol. The van der Waals surface area contributed by atoms with E-state index in [0.717, 1.165) is 32.7 Å². The summed E-state index contributed by atoms with van der Waals surface area (Å²) >= 11 is 0. The molecule has 0 aromatic carbocycles. The smallest absolute Gasteiger partial charge is 0.307 e. The van der Waals surface area contributed by atoms with Gasteiger partial charge in [-0.25, -0.2) is 0 Å². The first-order valence-electron chi connectivity index (χ1n) is 8.14. The molecule has 0 aliphatic carbocycles. The van der Waals surface area contributed by atoms with Crippen LogP contribution in [-0.4, -0.2) is 80.6 Å². The summed E-state index contributed by atoms with van der Waals surface area (Å²) in [5.74, 6) is -0.629. The number of hydrogen-bond donors (Lipinski definition) is 2. The Morgan fingerprint density at radius 2 is 1.73 bits per heavy atom. The van der Waals surface area contributed by atoms with Gasteiger partial charge in [0.05, 0.1) is 6.42 Å². The van der Waals surface area contributed by atoms with Crippen LogP contribution in [0.3, 0.4) is 0 Å². The maximum Gasteiger partial charge on any atom is 0.307 e. The first kappa shape index (κ1) is 20.8. The summed E-state index contributed by atoms with van der Waals surface area (Å²) in [4.78, 5) is 27.4. The van der Waals surface area contributed by atoms with Gasteiger partial charge < -0.3 is 25.6 Å². The minimum atomic E-state index is -0.794. The number of hydrogen-bond acceptors (Lipinski definition) is 6. The zero-order valence-electron chi connectivity index (χ0n) is 14.4.